The summed E-state index contributed by atoms with van der Waals surface area (Å²) in [5.74, 6) is 0. The third-order valence-corrected chi connectivity index (χ3v) is 1.93. The molecule has 0 aliphatic heterocycles. The summed E-state index contributed by atoms with van der Waals surface area (Å²) in [5, 5.41) is 21.1. The third kappa shape index (κ3) is 1.97. The van der Waals surface area contributed by atoms with Crippen LogP contribution in [0.2, 0.25) is 6.82 Å². The van der Waals surface area contributed by atoms with Gasteiger partial charge in [-0.2, -0.15) is 0 Å². The van der Waals surface area contributed by atoms with E-state index in [9.17, 15) is 5.11 Å². The molecular weight excluding hydrogens is 129 g/mol. The van der Waals surface area contributed by atoms with Gasteiger partial charge in [-0.05, 0) is 26.1 Å². The van der Waals surface area contributed by atoms with E-state index >= 15 is 0 Å². The van der Waals surface area contributed by atoms with Crippen LogP contribution < -0.4 is 5.23 Å². The fourth-order valence-corrected chi connectivity index (χ4v) is 1.44. The Morgan fingerprint density at radius 1 is 1.50 bits per heavy atom. The van der Waals surface area contributed by atoms with Gasteiger partial charge in [-0.15, -0.1) is 0 Å². The van der Waals surface area contributed by atoms with Gasteiger partial charge in [0.25, 0.3) is 0 Å². The van der Waals surface area contributed by atoms with Gasteiger partial charge in [0.05, 0.1) is 6.10 Å². The van der Waals surface area contributed by atoms with Gasteiger partial charge >= 0.3 is 7.05 Å². The summed E-state index contributed by atoms with van der Waals surface area (Å²) in [4.78, 5) is 0. The predicted molar refractivity (Wildman–Crippen MR) is 40.6 cm³/mol. The van der Waals surface area contributed by atoms with E-state index in [-0.39, 0.29) is 12.1 Å². The van der Waals surface area contributed by atoms with E-state index in [0.29, 0.717) is 0 Å². The molecule has 0 aromatic heterocycles. The van der Waals surface area contributed by atoms with Crippen LogP contribution in [0.4, 0.5) is 0 Å². The minimum atomic E-state index is -0.502. The van der Waals surface area contributed by atoms with E-state index in [2.05, 4.69) is 5.23 Å². The Bertz CT molecular complexity index is 110. The molecule has 1 fully saturated rings. The molecule has 0 bridgehead atoms. The lowest BCUT2D eigenvalue weighted by Crippen LogP contribution is -2.43. The van der Waals surface area contributed by atoms with Gasteiger partial charge in [0.2, 0.25) is 0 Å². The number of hydrogen-bond acceptors (Lipinski definition) is 3. The molecule has 1 aliphatic rings. The van der Waals surface area contributed by atoms with E-state index in [1.807, 2.05) is 0 Å². The number of nitrogens with one attached hydrogen (secondary N) is 1. The summed E-state index contributed by atoms with van der Waals surface area (Å²) in [6.45, 7) is 1.67. The predicted octanol–water partition coefficient (Wildman–Crippen LogP) is -0.400. The van der Waals surface area contributed by atoms with E-state index < -0.39 is 7.05 Å². The SMILES string of the molecule is CB(O)NC1CCC[C@H]1O. The first-order valence-electron chi connectivity index (χ1n) is 3.82. The van der Waals surface area contributed by atoms with Crippen molar-refractivity contribution in [3.63, 3.8) is 0 Å². The van der Waals surface area contributed by atoms with Crippen LogP contribution in [0.1, 0.15) is 19.3 Å². The molecule has 1 unspecified atom stereocenters. The van der Waals surface area contributed by atoms with Crippen molar-refractivity contribution < 1.29 is 10.1 Å². The topological polar surface area (TPSA) is 52.5 Å². The molecule has 0 spiro atoms. The second kappa shape index (κ2) is 3.37. The van der Waals surface area contributed by atoms with Crippen LogP contribution in [-0.4, -0.2) is 29.3 Å². The summed E-state index contributed by atoms with van der Waals surface area (Å²) >= 11 is 0. The molecule has 1 rings (SSSR count). The molecule has 0 amide bonds. The van der Waals surface area contributed by atoms with Crippen molar-refractivity contribution in [3.05, 3.63) is 0 Å². The highest BCUT2D eigenvalue weighted by Gasteiger charge is 2.26. The molecule has 0 aromatic rings. The van der Waals surface area contributed by atoms with Crippen LogP contribution in [-0.2, 0) is 0 Å². The molecule has 0 saturated heterocycles. The lowest BCUT2D eigenvalue weighted by molar-refractivity contribution is 0.157. The average Bonchev–Trinajstić information content (AvgIpc) is 2.15. The maximum atomic E-state index is 9.26. The Morgan fingerprint density at radius 2 is 2.20 bits per heavy atom. The van der Waals surface area contributed by atoms with Crippen molar-refractivity contribution in [3.8, 4) is 0 Å². The van der Waals surface area contributed by atoms with E-state index in [4.69, 9.17) is 5.02 Å². The maximum Gasteiger partial charge on any atom is 0.373 e. The quantitative estimate of drug-likeness (QED) is 0.461. The number of aliphatic hydroxyl groups is 1. The lowest BCUT2D eigenvalue weighted by Gasteiger charge is -2.16. The Hall–Kier alpha value is -0.0551. The smallest absolute Gasteiger partial charge is 0.373 e. The van der Waals surface area contributed by atoms with E-state index in [0.717, 1.165) is 19.3 Å². The Balaban J connectivity index is 2.26. The summed E-state index contributed by atoms with van der Waals surface area (Å²) < 4.78 is 0. The molecule has 10 heavy (non-hydrogen) atoms. The lowest BCUT2D eigenvalue weighted by atomic mass is 9.87. The third-order valence-electron chi connectivity index (χ3n) is 1.93. The Morgan fingerprint density at radius 3 is 2.60 bits per heavy atom. The molecule has 4 heteroatoms. The highest BCUT2D eigenvalue weighted by Crippen LogP contribution is 2.18. The number of rotatable bonds is 2. The molecule has 1 aliphatic carbocycles. The van der Waals surface area contributed by atoms with Crippen molar-refractivity contribution in [2.45, 2.75) is 38.2 Å². The summed E-state index contributed by atoms with van der Waals surface area (Å²) in [6.07, 6.45) is 2.65. The van der Waals surface area contributed by atoms with Crippen LogP contribution in [0.15, 0.2) is 0 Å². The first-order chi connectivity index (χ1) is 4.70. The zero-order valence-corrected chi connectivity index (χ0v) is 6.25. The highest BCUT2D eigenvalue weighted by atomic mass is 16.3. The Kier molecular flexibility index (Phi) is 2.71. The fraction of sp³-hybridized carbons (Fsp3) is 1.00. The van der Waals surface area contributed by atoms with Crippen molar-refractivity contribution in [2.24, 2.45) is 0 Å². The molecule has 58 valence electrons. The van der Waals surface area contributed by atoms with Crippen molar-refractivity contribution in [1.82, 2.24) is 5.23 Å². The zero-order valence-electron chi connectivity index (χ0n) is 6.25. The summed E-state index contributed by atoms with van der Waals surface area (Å²) in [7, 11) is -0.502. The maximum absolute atomic E-state index is 9.26. The van der Waals surface area contributed by atoms with Crippen molar-refractivity contribution >= 4 is 7.05 Å². The number of aliphatic hydroxyl groups excluding tert-OH is 1. The van der Waals surface area contributed by atoms with Gasteiger partial charge in [-0.3, -0.25) is 0 Å². The first-order valence-corrected chi connectivity index (χ1v) is 3.82. The second-order valence-corrected chi connectivity index (χ2v) is 2.95. The van der Waals surface area contributed by atoms with Gasteiger partial charge in [-0.25, -0.2) is 0 Å². The molecule has 0 aromatic carbocycles. The molecule has 0 heterocycles. The molecule has 0 radical (unpaired) electrons. The van der Waals surface area contributed by atoms with E-state index in [1.54, 1.807) is 6.82 Å². The molecule has 1 saturated carbocycles. The fourth-order valence-electron chi connectivity index (χ4n) is 1.44. The van der Waals surface area contributed by atoms with Crippen LogP contribution >= 0.6 is 0 Å². The Labute approximate surface area is 61.6 Å². The van der Waals surface area contributed by atoms with Gasteiger partial charge in [0.15, 0.2) is 0 Å². The minimum absolute atomic E-state index is 0.111. The van der Waals surface area contributed by atoms with Crippen molar-refractivity contribution in [1.29, 1.82) is 0 Å². The molecule has 3 N–H and O–H groups in total. The van der Waals surface area contributed by atoms with Gasteiger partial charge in [-0.1, -0.05) is 0 Å². The second-order valence-electron chi connectivity index (χ2n) is 2.95. The standard InChI is InChI=1S/C6H14BNO2/c1-7(10)8-5-3-2-4-6(5)9/h5-6,8-10H,2-4H2,1H3/t5?,6-/m1/s1. The molecule has 3 nitrogen and oxygen atoms in total. The van der Waals surface area contributed by atoms with Gasteiger partial charge in [0, 0.05) is 6.04 Å². The minimum Gasteiger partial charge on any atom is -0.437 e. The van der Waals surface area contributed by atoms with Crippen LogP contribution in [0, 0.1) is 0 Å². The molecule has 2 atom stereocenters. The summed E-state index contributed by atoms with van der Waals surface area (Å²) in [5.41, 5.74) is 0. The van der Waals surface area contributed by atoms with Gasteiger partial charge in [0.1, 0.15) is 0 Å². The highest BCUT2D eigenvalue weighted by molar-refractivity contribution is 6.45. The number of hydrogen-bond donors (Lipinski definition) is 3. The van der Waals surface area contributed by atoms with Crippen LogP contribution in [0.3, 0.4) is 0 Å². The first kappa shape index (κ1) is 8.05. The summed E-state index contributed by atoms with van der Waals surface area (Å²) in [6, 6.07) is 0.111. The monoisotopic (exact) mass is 143 g/mol. The average molecular weight is 143 g/mol. The normalized spacial score (nSPS) is 32.7. The van der Waals surface area contributed by atoms with Crippen LogP contribution in [0.5, 0.6) is 0 Å². The molecular formula is C6H14BNO2. The van der Waals surface area contributed by atoms with E-state index in [1.165, 1.54) is 0 Å². The van der Waals surface area contributed by atoms with Gasteiger partial charge < -0.3 is 15.4 Å². The van der Waals surface area contributed by atoms with Crippen LogP contribution in [0.25, 0.3) is 0 Å². The van der Waals surface area contributed by atoms with Crippen molar-refractivity contribution in [2.75, 3.05) is 0 Å². The largest absolute Gasteiger partial charge is 0.437 e. The zero-order chi connectivity index (χ0) is 7.56.